The van der Waals surface area contributed by atoms with Crippen LogP contribution in [0.1, 0.15) is 6.92 Å². The molecule has 1 nitrogen and oxygen atoms in total. The Bertz CT molecular complexity index is 26.7. The molecule has 0 spiro atoms. The van der Waals surface area contributed by atoms with Crippen LogP contribution in [-0.2, 0) is 0 Å². The van der Waals surface area contributed by atoms with Gasteiger partial charge >= 0.3 is 0 Å². The zero-order valence-corrected chi connectivity index (χ0v) is 5.55. The van der Waals surface area contributed by atoms with Gasteiger partial charge in [0.05, 0.1) is 0 Å². The van der Waals surface area contributed by atoms with Gasteiger partial charge in [-0.05, 0) is 27.9 Å². The number of nitrogens with one attached hydrogen (secondary N) is 1. The highest BCUT2D eigenvalue weighted by atomic mass is 31.1. The number of hydrogen-bond acceptors (Lipinski definition) is 1. The average molecular weight is 105 g/mol. The van der Waals surface area contributed by atoms with Gasteiger partial charge in [0.15, 0.2) is 0 Å². The Labute approximate surface area is 40.9 Å². The second kappa shape index (κ2) is 3.58. The van der Waals surface area contributed by atoms with Crippen molar-refractivity contribution in [3.63, 3.8) is 0 Å². The molecule has 0 saturated heterocycles. The Morgan fingerprint density at radius 2 is 2.17 bits per heavy atom. The summed E-state index contributed by atoms with van der Waals surface area (Å²) in [6, 6.07) is 0. The molecule has 0 aliphatic heterocycles. The molecule has 1 N–H and O–H groups in total. The average Bonchev–Trinajstić information content (AvgIpc) is 1.65. The molecule has 0 aromatic carbocycles. The molecule has 0 aromatic rings. The minimum Gasteiger partial charge on any atom is -0.299 e. The topological polar surface area (TPSA) is 12.0 Å². The molecule has 0 rings (SSSR count). The summed E-state index contributed by atoms with van der Waals surface area (Å²) in [7, 11) is 2.18. The Morgan fingerprint density at radius 3 is 2.17 bits per heavy atom. The summed E-state index contributed by atoms with van der Waals surface area (Å²) in [5, 5.41) is 3.18. The van der Waals surface area contributed by atoms with E-state index in [9.17, 15) is 0 Å². The SMILES string of the molecule is CCP(C)NC. The minimum absolute atomic E-state index is 0.174. The Morgan fingerprint density at radius 1 is 1.67 bits per heavy atom. The third kappa shape index (κ3) is 2.62. The smallest absolute Gasteiger partial charge is 0.0125 e. The highest BCUT2D eigenvalue weighted by molar-refractivity contribution is 7.54. The van der Waals surface area contributed by atoms with E-state index in [2.05, 4.69) is 18.7 Å². The molecule has 0 aliphatic rings. The van der Waals surface area contributed by atoms with Crippen molar-refractivity contribution in [3.05, 3.63) is 0 Å². The van der Waals surface area contributed by atoms with Gasteiger partial charge in [0.25, 0.3) is 0 Å². The second-order valence-electron chi connectivity index (χ2n) is 1.24. The van der Waals surface area contributed by atoms with Crippen molar-refractivity contribution < 1.29 is 0 Å². The fourth-order valence-corrected chi connectivity index (χ4v) is 0.474. The van der Waals surface area contributed by atoms with Crippen LogP contribution in [0.15, 0.2) is 0 Å². The van der Waals surface area contributed by atoms with Crippen molar-refractivity contribution >= 4 is 8.07 Å². The van der Waals surface area contributed by atoms with E-state index in [0.29, 0.717) is 0 Å². The Balaban J connectivity index is 2.75. The maximum absolute atomic E-state index is 3.18. The maximum Gasteiger partial charge on any atom is -0.0125 e. The Kier molecular flexibility index (Phi) is 3.81. The van der Waals surface area contributed by atoms with Crippen LogP contribution >= 0.6 is 8.07 Å². The molecule has 6 heavy (non-hydrogen) atoms. The predicted molar refractivity (Wildman–Crippen MR) is 32.4 cm³/mol. The van der Waals surface area contributed by atoms with Gasteiger partial charge in [-0.1, -0.05) is 6.92 Å². The Hall–Kier alpha value is 0.390. The van der Waals surface area contributed by atoms with Crippen LogP contribution in [0.3, 0.4) is 0 Å². The summed E-state index contributed by atoms with van der Waals surface area (Å²) in [5.74, 6) is 0. The molecule has 38 valence electrons. The van der Waals surface area contributed by atoms with Gasteiger partial charge in [-0.2, -0.15) is 0 Å². The van der Waals surface area contributed by atoms with E-state index in [-0.39, 0.29) is 8.07 Å². The van der Waals surface area contributed by atoms with Crippen LogP contribution in [0.25, 0.3) is 0 Å². The summed E-state index contributed by atoms with van der Waals surface area (Å²) in [6.07, 6.45) is 1.28. The first kappa shape index (κ1) is 6.39. The van der Waals surface area contributed by atoms with Crippen LogP contribution in [-0.4, -0.2) is 19.9 Å². The molecule has 0 bridgehead atoms. The number of rotatable bonds is 2. The summed E-state index contributed by atoms with van der Waals surface area (Å²) in [6.45, 7) is 4.43. The van der Waals surface area contributed by atoms with E-state index in [0.717, 1.165) is 0 Å². The van der Waals surface area contributed by atoms with Crippen molar-refractivity contribution in [2.24, 2.45) is 0 Å². The summed E-state index contributed by atoms with van der Waals surface area (Å²) >= 11 is 0. The molecule has 1 atom stereocenters. The molecule has 0 aromatic heterocycles. The molecule has 0 radical (unpaired) electrons. The van der Waals surface area contributed by atoms with Gasteiger partial charge in [0.2, 0.25) is 0 Å². The van der Waals surface area contributed by atoms with Gasteiger partial charge in [-0.3, -0.25) is 5.09 Å². The second-order valence-corrected chi connectivity index (χ2v) is 3.71. The molecular formula is C4H12NP. The third-order valence-electron chi connectivity index (χ3n) is 0.856. The van der Waals surface area contributed by atoms with Crippen LogP contribution in [0, 0.1) is 0 Å². The summed E-state index contributed by atoms with van der Waals surface area (Å²) in [5.41, 5.74) is 0. The molecule has 0 fully saturated rings. The van der Waals surface area contributed by atoms with Gasteiger partial charge in [-0.25, -0.2) is 0 Å². The molecule has 2 heteroatoms. The van der Waals surface area contributed by atoms with Crippen LogP contribution in [0.2, 0.25) is 0 Å². The van der Waals surface area contributed by atoms with Crippen molar-refractivity contribution in [1.82, 2.24) is 5.09 Å². The largest absolute Gasteiger partial charge is 0.299 e. The fourth-order valence-electron chi connectivity index (χ4n) is 0.158. The van der Waals surface area contributed by atoms with Crippen molar-refractivity contribution in [2.75, 3.05) is 19.9 Å². The van der Waals surface area contributed by atoms with Gasteiger partial charge in [-0.15, -0.1) is 0 Å². The van der Waals surface area contributed by atoms with Gasteiger partial charge < -0.3 is 0 Å². The van der Waals surface area contributed by atoms with Gasteiger partial charge in [0.1, 0.15) is 0 Å². The lowest BCUT2D eigenvalue weighted by Gasteiger charge is -2.02. The molecule has 1 unspecified atom stereocenters. The molecular weight excluding hydrogens is 93.0 g/mol. The van der Waals surface area contributed by atoms with E-state index in [1.165, 1.54) is 6.16 Å². The van der Waals surface area contributed by atoms with Gasteiger partial charge in [0, 0.05) is 0 Å². The fraction of sp³-hybridized carbons (Fsp3) is 1.00. The summed E-state index contributed by atoms with van der Waals surface area (Å²) in [4.78, 5) is 0. The van der Waals surface area contributed by atoms with Crippen molar-refractivity contribution in [1.29, 1.82) is 0 Å². The first-order chi connectivity index (χ1) is 2.81. The first-order valence-electron chi connectivity index (χ1n) is 2.19. The van der Waals surface area contributed by atoms with E-state index in [1.54, 1.807) is 0 Å². The zero-order valence-electron chi connectivity index (χ0n) is 4.65. The molecule has 0 amide bonds. The lowest BCUT2D eigenvalue weighted by molar-refractivity contribution is 1.24. The number of hydrogen-bond donors (Lipinski definition) is 1. The van der Waals surface area contributed by atoms with E-state index < -0.39 is 0 Å². The maximum atomic E-state index is 3.18. The highest BCUT2D eigenvalue weighted by Gasteiger charge is 1.85. The predicted octanol–water partition coefficient (Wildman–Crippen LogP) is 1.25. The van der Waals surface area contributed by atoms with Crippen LogP contribution in [0.4, 0.5) is 0 Å². The molecule has 0 saturated carbocycles. The van der Waals surface area contributed by atoms with Crippen molar-refractivity contribution in [2.45, 2.75) is 6.92 Å². The standard InChI is InChI=1S/C4H12NP/c1-4-6(3)5-2/h5H,4H2,1-3H3. The first-order valence-corrected chi connectivity index (χ1v) is 4.17. The summed E-state index contributed by atoms with van der Waals surface area (Å²) < 4.78 is 0. The zero-order chi connectivity index (χ0) is 4.99. The lowest BCUT2D eigenvalue weighted by Crippen LogP contribution is -1.96. The van der Waals surface area contributed by atoms with Crippen molar-refractivity contribution in [3.8, 4) is 0 Å². The normalized spacial score (nSPS) is 14.5. The molecule has 0 aliphatic carbocycles. The third-order valence-corrected chi connectivity index (χ3v) is 2.57. The minimum atomic E-state index is 0.174. The monoisotopic (exact) mass is 105 g/mol. The van der Waals surface area contributed by atoms with E-state index in [1.807, 2.05) is 7.05 Å². The van der Waals surface area contributed by atoms with E-state index in [4.69, 9.17) is 0 Å². The lowest BCUT2D eigenvalue weighted by atomic mass is 11.0. The van der Waals surface area contributed by atoms with Crippen LogP contribution < -0.4 is 5.09 Å². The molecule has 0 heterocycles. The quantitative estimate of drug-likeness (QED) is 0.521. The van der Waals surface area contributed by atoms with Crippen LogP contribution in [0.5, 0.6) is 0 Å². The van der Waals surface area contributed by atoms with E-state index >= 15 is 0 Å². The highest BCUT2D eigenvalue weighted by Crippen LogP contribution is 2.20.